The summed E-state index contributed by atoms with van der Waals surface area (Å²) in [5.41, 5.74) is 5.71. The van der Waals surface area contributed by atoms with Gasteiger partial charge >= 0.3 is 0 Å². The second kappa shape index (κ2) is 7.83. The van der Waals surface area contributed by atoms with Crippen LogP contribution in [0.25, 0.3) is 0 Å². The highest BCUT2D eigenvalue weighted by molar-refractivity contribution is 5.80. The molecule has 0 radical (unpaired) electrons. The van der Waals surface area contributed by atoms with Gasteiger partial charge in [-0.1, -0.05) is 13.3 Å². The first-order chi connectivity index (χ1) is 8.09. The van der Waals surface area contributed by atoms with E-state index in [1.54, 1.807) is 0 Å². The Balaban J connectivity index is 2.16. The Morgan fingerprint density at radius 3 is 2.53 bits per heavy atom. The molecule has 17 heavy (non-hydrogen) atoms. The molecular weight excluding hydrogens is 214 g/mol. The van der Waals surface area contributed by atoms with Gasteiger partial charge < -0.3 is 10.5 Å². The van der Waals surface area contributed by atoms with Crippen LogP contribution in [0.15, 0.2) is 0 Å². The maximum atomic E-state index is 12.0. The Kier molecular flexibility index (Phi) is 6.75. The van der Waals surface area contributed by atoms with E-state index in [0.29, 0.717) is 11.7 Å². The lowest BCUT2D eigenvalue weighted by atomic mass is 9.88. The number of Topliss-reactive ketones (excluding diaryl/α,β-unsaturated/α-hetero) is 1. The van der Waals surface area contributed by atoms with E-state index < -0.39 is 0 Å². The van der Waals surface area contributed by atoms with E-state index in [1.165, 1.54) is 0 Å². The van der Waals surface area contributed by atoms with Gasteiger partial charge in [0.25, 0.3) is 0 Å². The minimum Gasteiger partial charge on any atom is -0.381 e. The predicted octanol–water partition coefficient (Wildman–Crippen LogP) is 2.53. The van der Waals surface area contributed by atoms with Gasteiger partial charge in [-0.05, 0) is 38.5 Å². The van der Waals surface area contributed by atoms with Crippen molar-refractivity contribution in [1.29, 1.82) is 0 Å². The molecule has 0 bridgehead atoms. The largest absolute Gasteiger partial charge is 0.381 e. The van der Waals surface area contributed by atoms with Gasteiger partial charge in [-0.3, -0.25) is 4.79 Å². The van der Waals surface area contributed by atoms with Crippen molar-refractivity contribution >= 4 is 5.78 Å². The van der Waals surface area contributed by atoms with E-state index in [2.05, 4.69) is 6.92 Å². The van der Waals surface area contributed by atoms with Crippen LogP contribution in [0.1, 0.15) is 52.4 Å². The Bertz CT molecular complexity index is 222. The summed E-state index contributed by atoms with van der Waals surface area (Å²) >= 11 is 0. The SMILES string of the molecule is CC(N)CCCC(C)C(=O)CC1CCOCC1. The van der Waals surface area contributed by atoms with Crippen LogP contribution in [-0.4, -0.2) is 25.0 Å². The number of hydrogen-bond acceptors (Lipinski definition) is 3. The van der Waals surface area contributed by atoms with Gasteiger partial charge in [0.05, 0.1) is 0 Å². The molecule has 2 unspecified atom stereocenters. The summed E-state index contributed by atoms with van der Waals surface area (Å²) in [5, 5.41) is 0. The fourth-order valence-corrected chi connectivity index (χ4v) is 2.34. The fourth-order valence-electron chi connectivity index (χ4n) is 2.34. The molecule has 0 aromatic rings. The van der Waals surface area contributed by atoms with Crippen molar-refractivity contribution in [3.63, 3.8) is 0 Å². The molecule has 0 spiro atoms. The third kappa shape index (κ3) is 6.18. The number of rotatable bonds is 7. The normalized spacial score (nSPS) is 21.1. The van der Waals surface area contributed by atoms with Crippen LogP contribution in [0.5, 0.6) is 0 Å². The van der Waals surface area contributed by atoms with Gasteiger partial charge in [0, 0.05) is 31.6 Å². The van der Waals surface area contributed by atoms with Crippen molar-refractivity contribution in [2.75, 3.05) is 13.2 Å². The zero-order chi connectivity index (χ0) is 12.7. The number of carbonyl (C=O) groups is 1. The average Bonchev–Trinajstić information content (AvgIpc) is 2.29. The molecule has 0 amide bonds. The second-order valence-electron chi connectivity index (χ2n) is 5.54. The highest BCUT2D eigenvalue weighted by Crippen LogP contribution is 2.22. The number of carbonyl (C=O) groups excluding carboxylic acids is 1. The van der Waals surface area contributed by atoms with Crippen molar-refractivity contribution in [3.05, 3.63) is 0 Å². The molecule has 0 aromatic heterocycles. The molecule has 0 aliphatic carbocycles. The molecule has 1 rings (SSSR count). The molecule has 100 valence electrons. The fraction of sp³-hybridized carbons (Fsp3) is 0.929. The molecule has 3 nitrogen and oxygen atoms in total. The first kappa shape index (κ1) is 14.7. The minimum atomic E-state index is 0.205. The Morgan fingerprint density at radius 1 is 1.29 bits per heavy atom. The molecule has 2 atom stereocenters. The summed E-state index contributed by atoms with van der Waals surface area (Å²) in [5.74, 6) is 1.20. The molecule has 2 N–H and O–H groups in total. The standard InChI is InChI=1S/C14H27NO2/c1-11(4-3-5-12(2)15)14(16)10-13-6-8-17-9-7-13/h11-13H,3-10,15H2,1-2H3. The van der Waals surface area contributed by atoms with Crippen molar-refractivity contribution in [1.82, 2.24) is 0 Å². The number of ether oxygens (including phenoxy) is 1. The molecule has 3 heteroatoms. The Labute approximate surface area is 105 Å². The highest BCUT2D eigenvalue weighted by atomic mass is 16.5. The van der Waals surface area contributed by atoms with Crippen molar-refractivity contribution in [3.8, 4) is 0 Å². The third-order valence-electron chi connectivity index (χ3n) is 3.68. The van der Waals surface area contributed by atoms with Gasteiger partial charge in [-0.25, -0.2) is 0 Å². The van der Waals surface area contributed by atoms with Crippen molar-refractivity contribution < 1.29 is 9.53 Å². The van der Waals surface area contributed by atoms with Crippen LogP contribution < -0.4 is 5.73 Å². The Morgan fingerprint density at radius 2 is 1.94 bits per heavy atom. The van der Waals surface area contributed by atoms with E-state index in [9.17, 15) is 4.79 Å². The summed E-state index contributed by atoms with van der Waals surface area (Å²) in [4.78, 5) is 12.0. The van der Waals surface area contributed by atoms with Crippen molar-refractivity contribution in [2.45, 2.75) is 58.4 Å². The highest BCUT2D eigenvalue weighted by Gasteiger charge is 2.20. The van der Waals surface area contributed by atoms with E-state index in [-0.39, 0.29) is 12.0 Å². The first-order valence-corrected chi connectivity index (χ1v) is 6.95. The molecule has 0 aromatic carbocycles. The number of hydrogen-bond donors (Lipinski definition) is 1. The van der Waals surface area contributed by atoms with Crippen LogP contribution in [0.2, 0.25) is 0 Å². The van der Waals surface area contributed by atoms with Gasteiger partial charge in [0.15, 0.2) is 0 Å². The molecular formula is C14H27NO2. The molecule has 1 saturated heterocycles. The summed E-state index contributed by atoms with van der Waals surface area (Å²) < 4.78 is 5.31. The summed E-state index contributed by atoms with van der Waals surface area (Å²) in [7, 11) is 0. The van der Waals surface area contributed by atoms with E-state index in [4.69, 9.17) is 10.5 Å². The molecule has 1 heterocycles. The quantitative estimate of drug-likeness (QED) is 0.745. The summed E-state index contributed by atoms with van der Waals surface area (Å²) in [6.45, 7) is 5.74. The topological polar surface area (TPSA) is 52.3 Å². The van der Waals surface area contributed by atoms with Crippen LogP contribution >= 0.6 is 0 Å². The van der Waals surface area contributed by atoms with Crippen LogP contribution in [0, 0.1) is 11.8 Å². The molecule has 1 aliphatic heterocycles. The summed E-state index contributed by atoms with van der Waals surface area (Å²) in [6, 6.07) is 0.257. The van der Waals surface area contributed by atoms with E-state index in [1.807, 2.05) is 6.92 Å². The minimum absolute atomic E-state index is 0.205. The lowest BCUT2D eigenvalue weighted by molar-refractivity contribution is -0.124. The van der Waals surface area contributed by atoms with Gasteiger partial charge in [-0.15, -0.1) is 0 Å². The van der Waals surface area contributed by atoms with Crippen molar-refractivity contribution in [2.24, 2.45) is 17.6 Å². The summed E-state index contributed by atoms with van der Waals surface area (Å²) in [6.07, 6.45) is 5.94. The zero-order valence-corrected chi connectivity index (χ0v) is 11.3. The van der Waals surface area contributed by atoms with E-state index in [0.717, 1.165) is 51.7 Å². The average molecular weight is 241 g/mol. The zero-order valence-electron chi connectivity index (χ0n) is 11.3. The second-order valence-corrected chi connectivity index (χ2v) is 5.54. The molecule has 1 aliphatic rings. The monoisotopic (exact) mass is 241 g/mol. The maximum Gasteiger partial charge on any atom is 0.135 e. The predicted molar refractivity (Wildman–Crippen MR) is 69.8 cm³/mol. The number of ketones is 1. The molecule has 0 saturated carbocycles. The van der Waals surface area contributed by atoms with Gasteiger partial charge in [0.1, 0.15) is 5.78 Å². The van der Waals surface area contributed by atoms with E-state index >= 15 is 0 Å². The smallest absolute Gasteiger partial charge is 0.135 e. The lowest BCUT2D eigenvalue weighted by Gasteiger charge is -2.22. The van der Waals surface area contributed by atoms with Gasteiger partial charge in [0.2, 0.25) is 0 Å². The first-order valence-electron chi connectivity index (χ1n) is 6.95. The molecule has 1 fully saturated rings. The third-order valence-corrected chi connectivity index (χ3v) is 3.68. The van der Waals surface area contributed by atoms with Gasteiger partial charge in [-0.2, -0.15) is 0 Å². The lowest BCUT2D eigenvalue weighted by Crippen LogP contribution is -2.22. The van der Waals surface area contributed by atoms with Crippen LogP contribution in [0.4, 0.5) is 0 Å². The van der Waals surface area contributed by atoms with Crippen LogP contribution in [-0.2, 0) is 9.53 Å². The maximum absolute atomic E-state index is 12.0. The Hall–Kier alpha value is -0.410. The number of nitrogens with two attached hydrogens (primary N) is 1. The van der Waals surface area contributed by atoms with Crippen LogP contribution in [0.3, 0.4) is 0 Å².